The standard InChI is InChI=1S/C15H16ClN3O2S2/c1-8-3-4-10(5-11(8)16)19-14(21)7-22-15-18-9(2)12(23-15)6-13(17)20/h3-5H,6-7H2,1-2H3,(H2,17,20)(H,19,21). The second-order valence-electron chi connectivity index (χ2n) is 4.93. The van der Waals surface area contributed by atoms with E-state index in [1.54, 1.807) is 6.07 Å². The molecule has 0 atom stereocenters. The number of halogens is 1. The monoisotopic (exact) mass is 369 g/mol. The van der Waals surface area contributed by atoms with E-state index >= 15 is 0 Å². The molecule has 0 unspecified atom stereocenters. The summed E-state index contributed by atoms with van der Waals surface area (Å²) in [6.45, 7) is 3.73. The molecule has 0 fully saturated rings. The summed E-state index contributed by atoms with van der Waals surface area (Å²) in [5, 5.41) is 3.41. The molecule has 0 aliphatic rings. The van der Waals surface area contributed by atoms with Crippen LogP contribution < -0.4 is 11.1 Å². The number of carbonyl (C=O) groups is 2. The fourth-order valence-corrected chi connectivity index (χ4v) is 4.00. The molecule has 1 heterocycles. The Morgan fingerprint density at radius 3 is 2.78 bits per heavy atom. The van der Waals surface area contributed by atoms with Crippen molar-refractivity contribution < 1.29 is 9.59 Å². The molecule has 0 saturated carbocycles. The molecule has 3 N–H and O–H groups in total. The second kappa shape index (κ2) is 7.81. The molecule has 1 aromatic heterocycles. The van der Waals surface area contributed by atoms with E-state index in [1.165, 1.54) is 23.1 Å². The molecule has 2 rings (SSSR count). The quantitative estimate of drug-likeness (QED) is 0.766. The van der Waals surface area contributed by atoms with Gasteiger partial charge in [0.25, 0.3) is 0 Å². The summed E-state index contributed by atoms with van der Waals surface area (Å²) in [5.41, 5.74) is 7.59. The van der Waals surface area contributed by atoms with Gasteiger partial charge in [0.2, 0.25) is 11.8 Å². The van der Waals surface area contributed by atoms with Crippen molar-refractivity contribution in [1.29, 1.82) is 0 Å². The summed E-state index contributed by atoms with van der Waals surface area (Å²) in [4.78, 5) is 28.1. The minimum atomic E-state index is -0.387. The number of benzene rings is 1. The third-order valence-electron chi connectivity index (χ3n) is 2.99. The van der Waals surface area contributed by atoms with Gasteiger partial charge < -0.3 is 11.1 Å². The molecule has 23 heavy (non-hydrogen) atoms. The van der Waals surface area contributed by atoms with Crippen LogP contribution in [-0.4, -0.2) is 22.6 Å². The molecule has 1 aromatic carbocycles. The predicted molar refractivity (Wildman–Crippen MR) is 95.3 cm³/mol. The summed E-state index contributed by atoms with van der Waals surface area (Å²) in [6, 6.07) is 5.38. The smallest absolute Gasteiger partial charge is 0.234 e. The van der Waals surface area contributed by atoms with Crippen molar-refractivity contribution in [2.45, 2.75) is 24.6 Å². The number of aromatic nitrogens is 1. The number of aryl methyl sites for hydroxylation is 2. The number of nitrogens with two attached hydrogens (primary N) is 1. The van der Waals surface area contributed by atoms with Crippen molar-refractivity contribution in [1.82, 2.24) is 4.98 Å². The summed E-state index contributed by atoms with van der Waals surface area (Å²) in [6.07, 6.45) is 0.179. The Bertz CT molecular complexity index is 746. The van der Waals surface area contributed by atoms with E-state index in [-0.39, 0.29) is 24.0 Å². The molecule has 0 radical (unpaired) electrons. The zero-order valence-electron chi connectivity index (χ0n) is 12.7. The highest BCUT2D eigenvalue weighted by Gasteiger charge is 2.12. The van der Waals surface area contributed by atoms with Crippen molar-refractivity contribution in [2.24, 2.45) is 5.73 Å². The van der Waals surface area contributed by atoms with Gasteiger partial charge in [-0.2, -0.15) is 0 Å². The van der Waals surface area contributed by atoms with Crippen LogP contribution in [0.4, 0.5) is 5.69 Å². The average molecular weight is 370 g/mol. The lowest BCUT2D eigenvalue weighted by Crippen LogP contribution is -2.13. The molecule has 2 aromatic rings. The van der Waals surface area contributed by atoms with E-state index in [0.717, 1.165) is 20.5 Å². The van der Waals surface area contributed by atoms with Crippen molar-refractivity contribution in [3.63, 3.8) is 0 Å². The largest absolute Gasteiger partial charge is 0.369 e. The Hall–Kier alpha value is -1.57. The van der Waals surface area contributed by atoms with Crippen LogP contribution in [0.2, 0.25) is 5.02 Å². The maximum absolute atomic E-state index is 12.0. The summed E-state index contributed by atoms with van der Waals surface area (Å²) in [5.74, 6) is -0.296. The lowest BCUT2D eigenvalue weighted by Gasteiger charge is -2.06. The van der Waals surface area contributed by atoms with E-state index < -0.39 is 0 Å². The summed E-state index contributed by atoms with van der Waals surface area (Å²) < 4.78 is 0.746. The van der Waals surface area contributed by atoms with E-state index in [9.17, 15) is 9.59 Å². The number of hydrogen-bond acceptors (Lipinski definition) is 5. The molecule has 0 bridgehead atoms. The van der Waals surface area contributed by atoms with Crippen LogP contribution in [0.5, 0.6) is 0 Å². The highest BCUT2D eigenvalue weighted by atomic mass is 35.5. The van der Waals surface area contributed by atoms with Crippen LogP contribution in [0.1, 0.15) is 16.1 Å². The van der Waals surface area contributed by atoms with Crippen LogP contribution in [0, 0.1) is 13.8 Å². The number of amides is 2. The Morgan fingerprint density at radius 1 is 1.39 bits per heavy atom. The molecule has 0 aliphatic heterocycles. The normalized spacial score (nSPS) is 10.6. The third kappa shape index (κ3) is 5.23. The predicted octanol–water partition coefficient (Wildman–Crippen LogP) is 3.17. The highest BCUT2D eigenvalue weighted by molar-refractivity contribution is 8.01. The van der Waals surface area contributed by atoms with E-state index in [1.807, 2.05) is 26.0 Å². The molecule has 0 saturated heterocycles. The van der Waals surface area contributed by atoms with Crippen LogP contribution >= 0.6 is 34.7 Å². The number of rotatable bonds is 6. The molecule has 122 valence electrons. The van der Waals surface area contributed by atoms with Gasteiger partial charge in [-0.15, -0.1) is 11.3 Å². The number of nitrogens with one attached hydrogen (secondary N) is 1. The van der Waals surface area contributed by atoms with Gasteiger partial charge >= 0.3 is 0 Å². The lowest BCUT2D eigenvalue weighted by molar-refractivity contribution is -0.117. The molecule has 5 nitrogen and oxygen atoms in total. The number of nitrogens with zero attached hydrogens (tertiary/aromatic N) is 1. The SMILES string of the molecule is Cc1ccc(NC(=O)CSc2nc(C)c(CC(N)=O)s2)cc1Cl. The van der Waals surface area contributed by atoms with Crippen LogP contribution in [0.15, 0.2) is 22.5 Å². The minimum Gasteiger partial charge on any atom is -0.369 e. The van der Waals surface area contributed by atoms with E-state index in [0.29, 0.717) is 10.7 Å². The molecular weight excluding hydrogens is 354 g/mol. The first-order valence-corrected chi connectivity index (χ1v) is 8.96. The fraction of sp³-hybridized carbons (Fsp3) is 0.267. The molecule has 0 aliphatic carbocycles. The first-order chi connectivity index (χ1) is 10.8. The first-order valence-electron chi connectivity index (χ1n) is 6.78. The number of carbonyl (C=O) groups excluding carboxylic acids is 2. The number of primary amides is 1. The number of thiazole rings is 1. The Labute approximate surface area is 147 Å². The summed E-state index contributed by atoms with van der Waals surface area (Å²) in [7, 11) is 0. The van der Waals surface area contributed by atoms with Crippen molar-refractivity contribution in [3.05, 3.63) is 39.4 Å². The Morgan fingerprint density at radius 2 is 2.13 bits per heavy atom. The van der Waals surface area contributed by atoms with Gasteiger partial charge in [0, 0.05) is 15.6 Å². The second-order valence-corrected chi connectivity index (χ2v) is 7.65. The number of anilines is 1. The van der Waals surface area contributed by atoms with Crippen molar-refractivity contribution >= 4 is 52.2 Å². The molecule has 0 spiro atoms. The van der Waals surface area contributed by atoms with E-state index in [4.69, 9.17) is 17.3 Å². The van der Waals surface area contributed by atoms with Crippen molar-refractivity contribution in [2.75, 3.05) is 11.1 Å². The molecular formula is C15H16ClN3O2S2. The first kappa shape index (κ1) is 17.8. The zero-order valence-corrected chi connectivity index (χ0v) is 15.1. The van der Waals surface area contributed by atoms with Gasteiger partial charge in [-0.05, 0) is 31.5 Å². The fourth-order valence-electron chi connectivity index (χ4n) is 1.78. The van der Waals surface area contributed by atoms with Crippen LogP contribution in [0.3, 0.4) is 0 Å². The third-order valence-corrected chi connectivity index (χ3v) is 5.70. The van der Waals surface area contributed by atoms with E-state index in [2.05, 4.69) is 10.3 Å². The maximum Gasteiger partial charge on any atom is 0.234 e. The Balaban J connectivity index is 1.91. The minimum absolute atomic E-state index is 0.140. The van der Waals surface area contributed by atoms with Crippen LogP contribution in [-0.2, 0) is 16.0 Å². The molecule has 8 heteroatoms. The zero-order chi connectivity index (χ0) is 17.0. The number of hydrogen-bond donors (Lipinski definition) is 2. The van der Waals surface area contributed by atoms with Gasteiger partial charge in [0.05, 0.1) is 17.9 Å². The van der Waals surface area contributed by atoms with Gasteiger partial charge in [-0.3, -0.25) is 9.59 Å². The number of thioether (sulfide) groups is 1. The summed E-state index contributed by atoms with van der Waals surface area (Å²) >= 11 is 8.75. The maximum atomic E-state index is 12.0. The topological polar surface area (TPSA) is 85.1 Å². The molecule has 2 amide bonds. The highest BCUT2D eigenvalue weighted by Crippen LogP contribution is 2.28. The average Bonchev–Trinajstić information content (AvgIpc) is 2.80. The van der Waals surface area contributed by atoms with Crippen molar-refractivity contribution in [3.8, 4) is 0 Å². The van der Waals surface area contributed by atoms with Gasteiger partial charge in [-0.1, -0.05) is 29.4 Å². The van der Waals surface area contributed by atoms with Gasteiger partial charge in [0.1, 0.15) is 0 Å². The Kier molecular flexibility index (Phi) is 6.04. The van der Waals surface area contributed by atoms with Gasteiger partial charge in [-0.25, -0.2) is 4.98 Å². The van der Waals surface area contributed by atoms with Gasteiger partial charge in [0.15, 0.2) is 4.34 Å². The van der Waals surface area contributed by atoms with Crippen LogP contribution in [0.25, 0.3) is 0 Å². The lowest BCUT2D eigenvalue weighted by atomic mass is 10.2.